The van der Waals surface area contributed by atoms with Gasteiger partial charge in [0.25, 0.3) is 5.91 Å². The minimum Gasteiger partial charge on any atom is -0.503 e. The maximum Gasteiger partial charge on any atom is 0.294 e. The number of benzene rings is 2. The minimum absolute atomic E-state index is 0.00405. The van der Waals surface area contributed by atoms with Gasteiger partial charge in [-0.2, -0.15) is 0 Å². The number of nitrogens with zero attached hydrogens (tertiary/aromatic N) is 2. The number of ether oxygens (including phenoxy) is 1. The van der Waals surface area contributed by atoms with Crippen LogP contribution in [0, 0.1) is 6.92 Å². The van der Waals surface area contributed by atoms with Crippen molar-refractivity contribution in [3.05, 3.63) is 101 Å². The number of ketones is 1. The number of amides is 1. The molecule has 1 atom stereocenters. The number of anilines is 1. The van der Waals surface area contributed by atoms with Gasteiger partial charge in [0.1, 0.15) is 0 Å². The normalized spacial score (nSPS) is 16.0. The van der Waals surface area contributed by atoms with Crippen molar-refractivity contribution in [1.29, 1.82) is 0 Å². The number of methoxy groups -OCH3 is 1. The number of carbonyl (C=O) groups is 2. The molecule has 3 heterocycles. The number of fused-ring (bicyclic) bond motifs is 1. The number of pyridine rings is 1. The van der Waals surface area contributed by atoms with E-state index in [1.165, 1.54) is 12.0 Å². The molecule has 1 aliphatic rings. The summed E-state index contributed by atoms with van der Waals surface area (Å²) in [5.74, 6) is -1.36. The lowest BCUT2D eigenvalue weighted by Gasteiger charge is -2.27. The van der Waals surface area contributed by atoms with E-state index in [1.54, 1.807) is 60.9 Å². The molecule has 0 bridgehead atoms. The number of Topliss-reactive ketones (excluding diaryl/α,β-unsaturated/α-hetero) is 1. The number of aryl methyl sites for hydroxylation is 1. The van der Waals surface area contributed by atoms with Gasteiger partial charge in [0, 0.05) is 23.5 Å². The maximum atomic E-state index is 13.7. The molecule has 5 rings (SSSR count). The molecule has 164 valence electrons. The first kappa shape index (κ1) is 20.5. The molecule has 0 fully saturated rings. The van der Waals surface area contributed by atoms with E-state index in [-0.39, 0.29) is 11.3 Å². The summed E-state index contributed by atoms with van der Waals surface area (Å²) in [6.07, 6.45) is 3.19. The summed E-state index contributed by atoms with van der Waals surface area (Å²) in [4.78, 5) is 32.5. The van der Waals surface area contributed by atoms with Gasteiger partial charge in [-0.3, -0.25) is 19.5 Å². The van der Waals surface area contributed by atoms with E-state index in [4.69, 9.17) is 9.15 Å². The molecule has 1 unspecified atom stereocenters. The lowest BCUT2D eigenvalue weighted by atomic mass is 9.95. The zero-order chi connectivity index (χ0) is 23.1. The number of furan rings is 1. The smallest absolute Gasteiger partial charge is 0.294 e. The number of aromatic nitrogens is 1. The van der Waals surface area contributed by atoms with Crippen LogP contribution in [0.3, 0.4) is 0 Å². The summed E-state index contributed by atoms with van der Waals surface area (Å²) in [6.45, 7) is 1.87. The SMILES string of the molecule is COc1cccc2cc(C(=O)C3=C(O)C(=O)N(c4ccccc4C)C3c3cccnc3)oc12. The molecule has 0 aliphatic carbocycles. The van der Waals surface area contributed by atoms with E-state index in [2.05, 4.69) is 4.98 Å². The van der Waals surface area contributed by atoms with Crippen LogP contribution >= 0.6 is 0 Å². The Labute approximate surface area is 189 Å². The van der Waals surface area contributed by atoms with Crippen molar-refractivity contribution in [1.82, 2.24) is 4.98 Å². The van der Waals surface area contributed by atoms with E-state index < -0.39 is 23.5 Å². The standard InChI is InChI=1S/C26H20N2O5/c1-15-7-3-4-10-18(15)28-22(17-9-6-12-27-14-17)21(24(30)26(28)31)23(29)20-13-16-8-5-11-19(32-2)25(16)33-20/h3-14,22,30H,1-2H3. The Kier molecular flexibility index (Phi) is 4.94. The van der Waals surface area contributed by atoms with Crippen molar-refractivity contribution < 1.29 is 23.8 Å². The topological polar surface area (TPSA) is 92.9 Å². The maximum absolute atomic E-state index is 13.7. The Morgan fingerprint density at radius 3 is 2.67 bits per heavy atom. The van der Waals surface area contributed by atoms with Gasteiger partial charge in [-0.1, -0.05) is 36.4 Å². The van der Waals surface area contributed by atoms with Crippen molar-refractivity contribution >= 4 is 28.3 Å². The van der Waals surface area contributed by atoms with Crippen LogP contribution in [0.15, 0.2) is 88.8 Å². The molecular weight excluding hydrogens is 420 g/mol. The quantitative estimate of drug-likeness (QED) is 0.443. The molecule has 1 N–H and O–H groups in total. The van der Waals surface area contributed by atoms with Crippen LogP contribution in [-0.2, 0) is 4.79 Å². The van der Waals surface area contributed by atoms with Crippen molar-refractivity contribution in [2.45, 2.75) is 13.0 Å². The van der Waals surface area contributed by atoms with Gasteiger partial charge >= 0.3 is 0 Å². The summed E-state index contributed by atoms with van der Waals surface area (Å²) >= 11 is 0. The second-order valence-electron chi connectivity index (χ2n) is 7.73. The first-order valence-corrected chi connectivity index (χ1v) is 10.3. The molecular formula is C26H20N2O5. The van der Waals surface area contributed by atoms with Gasteiger partial charge in [0.2, 0.25) is 5.78 Å². The van der Waals surface area contributed by atoms with Crippen LogP contribution in [0.25, 0.3) is 11.0 Å². The molecule has 7 heteroatoms. The molecule has 7 nitrogen and oxygen atoms in total. The Morgan fingerprint density at radius 2 is 1.94 bits per heavy atom. The Balaban J connectivity index is 1.67. The van der Waals surface area contributed by atoms with Gasteiger partial charge in [-0.25, -0.2) is 0 Å². The first-order valence-electron chi connectivity index (χ1n) is 10.3. The molecule has 0 spiro atoms. The molecule has 33 heavy (non-hydrogen) atoms. The predicted molar refractivity (Wildman–Crippen MR) is 122 cm³/mol. The highest BCUT2D eigenvalue weighted by Crippen LogP contribution is 2.43. The van der Waals surface area contributed by atoms with E-state index in [0.29, 0.717) is 28.0 Å². The Morgan fingerprint density at radius 1 is 1.12 bits per heavy atom. The van der Waals surface area contributed by atoms with Crippen LogP contribution in [0.2, 0.25) is 0 Å². The van der Waals surface area contributed by atoms with Crippen LogP contribution in [0.1, 0.15) is 27.7 Å². The average molecular weight is 440 g/mol. The molecule has 0 saturated carbocycles. The third-order valence-corrected chi connectivity index (χ3v) is 5.78. The molecule has 2 aromatic heterocycles. The van der Waals surface area contributed by atoms with Crippen LogP contribution < -0.4 is 9.64 Å². The van der Waals surface area contributed by atoms with E-state index in [0.717, 1.165) is 5.56 Å². The summed E-state index contributed by atoms with van der Waals surface area (Å²) in [7, 11) is 1.52. The van der Waals surface area contributed by atoms with Crippen molar-refractivity contribution in [3.8, 4) is 5.75 Å². The summed E-state index contributed by atoms with van der Waals surface area (Å²) < 4.78 is 11.2. The highest BCUT2D eigenvalue weighted by molar-refractivity contribution is 6.21. The number of hydrogen-bond acceptors (Lipinski definition) is 6. The largest absolute Gasteiger partial charge is 0.503 e. The second kappa shape index (κ2) is 7.94. The van der Waals surface area contributed by atoms with Crippen LogP contribution in [-0.4, -0.2) is 28.9 Å². The Bertz CT molecular complexity index is 1420. The van der Waals surface area contributed by atoms with Gasteiger partial charge in [0.15, 0.2) is 22.9 Å². The fourth-order valence-corrected chi connectivity index (χ4v) is 4.21. The lowest BCUT2D eigenvalue weighted by Crippen LogP contribution is -2.31. The third kappa shape index (κ3) is 3.25. The van der Waals surface area contributed by atoms with E-state index in [1.807, 2.05) is 19.1 Å². The number of para-hydroxylation sites is 2. The molecule has 2 aromatic carbocycles. The summed E-state index contributed by atoms with van der Waals surface area (Å²) in [5.41, 5.74) is 2.37. The number of hydrogen-bond donors (Lipinski definition) is 1. The summed E-state index contributed by atoms with van der Waals surface area (Å²) in [5, 5.41) is 11.6. The first-order chi connectivity index (χ1) is 16.0. The van der Waals surface area contributed by atoms with Gasteiger partial charge in [-0.05, 0) is 42.3 Å². The zero-order valence-electron chi connectivity index (χ0n) is 18.0. The Hall–Kier alpha value is -4.39. The van der Waals surface area contributed by atoms with Crippen molar-refractivity contribution in [3.63, 3.8) is 0 Å². The van der Waals surface area contributed by atoms with Crippen molar-refractivity contribution in [2.24, 2.45) is 0 Å². The highest BCUT2D eigenvalue weighted by atomic mass is 16.5. The van der Waals surface area contributed by atoms with E-state index >= 15 is 0 Å². The number of aliphatic hydroxyl groups excluding tert-OH is 1. The summed E-state index contributed by atoms with van der Waals surface area (Å²) in [6, 6.07) is 16.8. The van der Waals surface area contributed by atoms with E-state index in [9.17, 15) is 14.7 Å². The number of carbonyl (C=O) groups excluding carboxylic acids is 2. The van der Waals surface area contributed by atoms with Crippen LogP contribution in [0.5, 0.6) is 5.75 Å². The van der Waals surface area contributed by atoms with Gasteiger partial charge in [-0.15, -0.1) is 0 Å². The fraction of sp³-hybridized carbons (Fsp3) is 0.115. The molecule has 4 aromatic rings. The number of aliphatic hydroxyl groups is 1. The highest BCUT2D eigenvalue weighted by Gasteiger charge is 2.45. The van der Waals surface area contributed by atoms with Crippen molar-refractivity contribution in [2.75, 3.05) is 12.0 Å². The molecule has 1 amide bonds. The molecule has 0 saturated heterocycles. The third-order valence-electron chi connectivity index (χ3n) is 5.78. The second-order valence-corrected chi connectivity index (χ2v) is 7.73. The average Bonchev–Trinajstić information content (AvgIpc) is 3.39. The van der Waals surface area contributed by atoms with Gasteiger partial charge < -0.3 is 14.3 Å². The van der Waals surface area contributed by atoms with Crippen LogP contribution in [0.4, 0.5) is 5.69 Å². The molecule has 0 radical (unpaired) electrons. The fourth-order valence-electron chi connectivity index (χ4n) is 4.21. The van der Waals surface area contributed by atoms with Gasteiger partial charge in [0.05, 0.1) is 18.7 Å². The minimum atomic E-state index is -0.866. The molecule has 1 aliphatic heterocycles. The zero-order valence-corrected chi connectivity index (χ0v) is 18.0. The predicted octanol–water partition coefficient (Wildman–Crippen LogP) is 4.93. The monoisotopic (exact) mass is 440 g/mol. The lowest BCUT2D eigenvalue weighted by molar-refractivity contribution is -0.117. The number of rotatable bonds is 5.